The van der Waals surface area contributed by atoms with Gasteiger partial charge in [0.25, 0.3) is 0 Å². The fourth-order valence-electron chi connectivity index (χ4n) is 3.96. The van der Waals surface area contributed by atoms with E-state index in [2.05, 4.69) is 0 Å². The molecule has 0 aromatic rings. The van der Waals surface area contributed by atoms with Gasteiger partial charge in [-0.15, -0.1) is 0 Å². The number of hydrogen-bond acceptors (Lipinski definition) is 16. The summed E-state index contributed by atoms with van der Waals surface area (Å²) in [5.41, 5.74) is 0. The summed E-state index contributed by atoms with van der Waals surface area (Å²) in [6.45, 7) is -2.06. The highest BCUT2D eigenvalue weighted by Crippen LogP contribution is 2.30. The Hall–Kier alpha value is -0.640. The van der Waals surface area contributed by atoms with E-state index in [0.29, 0.717) is 0 Å². The third kappa shape index (κ3) is 5.52. The van der Waals surface area contributed by atoms with Crippen LogP contribution in [0, 0.1) is 0 Å². The molecule has 11 N–H and O–H groups in total. The van der Waals surface area contributed by atoms with Gasteiger partial charge >= 0.3 is 0 Å². The Morgan fingerprint density at radius 1 is 0.647 bits per heavy atom. The molecule has 3 aliphatic heterocycles. The zero-order valence-corrected chi connectivity index (χ0v) is 17.7. The van der Waals surface area contributed by atoms with Crippen molar-refractivity contribution in [2.75, 3.05) is 19.8 Å². The van der Waals surface area contributed by atoms with Gasteiger partial charge < -0.3 is 79.9 Å². The third-order valence-corrected chi connectivity index (χ3v) is 6.05. The number of aliphatic hydroxyl groups excluding tert-OH is 11. The summed E-state index contributed by atoms with van der Waals surface area (Å²) in [4.78, 5) is 0. The molecule has 3 aliphatic rings. The molecule has 0 unspecified atom stereocenters. The molecule has 16 nitrogen and oxygen atoms in total. The average molecular weight is 504 g/mol. The first kappa shape index (κ1) is 27.9. The molecule has 0 aromatic carbocycles. The fraction of sp³-hybridized carbons (Fsp3) is 1.00. The Bertz CT molecular complexity index is 639. The molecular weight excluding hydrogens is 472 g/mol. The van der Waals surface area contributed by atoms with E-state index < -0.39 is 112 Å². The molecule has 15 atom stereocenters. The predicted molar refractivity (Wildman–Crippen MR) is 101 cm³/mol. The first-order valence-corrected chi connectivity index (χ1v) is 10.6. The Kier molecular flexibility index (Phi) is 9.54. The van der Waals surface area contributed by atoms with Gasteiger partial charge in [-0.25, -0.2) is 0 Å². The highest BCUT2D eigenvalue weighted by atomic mass is 16.7. The second-order valence-electron chi connectivity index (χ2n) is 8.38. The highest BCUT2D eigenvalue weighted by molar-refractivity contribution is 4.94. The normalized spacial score (nSPS) is 50.9. The van der Waals surface area contributed by atoms with Crippen LogP contribution in [-0.4, -0.2) is 168 Å². The molecule has 0 saturated carbocycles. The minimum absolute atomic E-state index is 0.571. The monoisotopic (exact) mass is 504 g/mol. The maximum absolute atomic E-state index is 10.4. The van der Waals surface area contributed by atoms with Crippen molar-refractivity contribution < 1.29 is 79.9 Å². The maximum Gasteiger partial charge on any atom is 0.187 e. The van der Waals surface area contributed by atoms with Gasteiger partial charge in [0.05, 0.1) is 19.8 Å². The molecule has 0 bridgehead atoms. The molecular formula is C18H32O16. The minimum Gasteiger partial charge on any atom is -0.394 e. The summed E-state index contributed by atoms with van der Waals surface area (Å²) >= 11 is 0. The lowest BCUT2D eigenvalue weighted by atomic mass is 9.97. The largest absolute Gasteiger partial charge is 0.394 e. The SMILES string of the molecule is OC[C@@H](O)[C@@H]1O[C@@H](OC[C@H]2O[C@H](O)[C@@H](O[C@H]3O[C@H](CO)[C@@H](O)[C@H](O)[C@@H]3O)[C@@H](O)[C@@H]2O)[C@H](O)[C@H]1O. The summed E-state index contributed by atoms with van der Waals surface area (Å²) in [5, 5.41) is 108. The van der Waals surface area contributed by atoms with Gasteiger partial charge in [0.15, 0.2) is 18.9 Å². The summed E-state index contributed by atoms with van der Waals surface area (Å²) < 4.78 is 26.0. The van der Waals surface area contributed by atoms with Crippen molar-refractivity contribution in [3.8, 4) is 0 Å². The molecule has 3 saturated heterocycles. The van der Waals surface area contributed by atoms with Crippen molar-refractivity contribution >= 4 is 0 Å². The predicted octanol–water partition coefficient (Wildman–Crippen LogP) is -7.57. The molecule has 0 amide bonds. The molecule has 16 heteroatoms. The smallest absolute Gasteiger partial charge is 0.187 e. The van der Waals surface area contributed by atoms with Gasteiger partial charge in [0.2, 0.25) is 0 Å². The van der Waals surface area contributed by atoms with Crippen molar-refractivity contribution in [1.82, 2.24) is 0 Å². The van der Waals surface area contributed by atoms with Gasteiger partial charge in [-0.3, -0.25) is 0 Å². The molecule has 3 fully saturated rings. The van der Waals surface area contributed by atoms with Crippen LogP contribution in [0.25, 0.3) is 0 Å². The molecule has 0 aliphatic carbocycles. The summed E-state index contributed by atoms with van der Waals surface area (Å²) in [5.74, 6) is 0. The van der Waals surface area contributed by atoms with Crippen LogP contribution in [0.3, 0.4) is 0 Å². The van der Waals surface area contributed by atoms with Crippen LogP contribution < -0.4 is 0 Å². The van der Waals surface area contributed by atoms with Crippen LogP contribution in [-0.2, 0) is 23.7 Å². The number of rotatable bonds is 8. The summed E-state index contributed by atoms with van der Waals surface area (Å²) in [6, 6.07) is 0. The zero-order chi connectivity index (χ0) is 25.3. The Labute approximate surface area is 192 Å². The molecule has 34 heavy (non-hydrogen) atoms. The third-order valence-electron chi connectivity index (χ3n) is 6.05. The number of ether oxygens (including phenoxy) is 5. The zero-order valence-electron chi connectivity index (χ0n) is 17.7. The van der Waals surface area contributed by atoms with E-state index in [4.69, 9.17) is 28.8 Å². The highest BCUT2D eigenvalue weighted by Gasteiger charge is 2.51. The maximum atomic E-state index is 10.4. The van der Waals surface area contributed by atoms with Crippen LogP contribution in [0.5, 0.6) is 0 Å². The first-order valence-electron chi connectivity index (χ1n) is 10.6. The van der Waals surface area contributed by atoms with E-state index in [9.17, 15) is 51.1 Å². The quantitative estimate of drug-likeness (QED) is 0.146. The Morgan fingerprint density at radius 2 is 1.26 bits per heavy atom. The molecule has 3 heterocycles. The Morgan fingerprint density at radius 3 is 1.88 bits per heavy atom. The first-order chi connectivity index (χ1) is 16.0. The van der Waals surface area contributed by atoms with Crippen molar-refractivity contribution in [2.45, 2.75) is 92.1 Å². The molecule has 3 rings (SSSR count). The number of hydrogen-bond donors (Lipinski definition) is 11. The minimum atomic E-state index is -1.91. The van der Waals surface area contributed by atoms with Gasteiger partial charge in [0, 0.05) is 0 Å². The van der Waals surface area contributed by atoms with Crippen molar-refractivity contribution in [3.05, 3.63) is 0 Å². The standard InChI is InChI=1S/C18H32O16/c19-1-4(21)14-11(26)13(28)17(33-14)30-3-6-8(23)10(25)15(16(29)31-6)34-18-12(27)9(24)7(22)5(2-20)32-18/h4-29H,1-3H2/t4-,5-,6-,7-,8-,9+,10+,11-,12+,13-,14+,15+,16+,17-,18-/m1/s1. The summed E-state index contributed by atoms with van der Waals surface area (Å²) in [7, 11) is 0. The van der Waals surface area contributed by atoms with Gasteiger partial charge in [-0.1, -0.05) is 0 Å². The topological polar surface area (TPSA) is 269 Å². The van der Waals surface area contributed by atoms with Crippen LogP contribution in [0.1, 0.15) is 0 Å². The van der Waals surface area contributed by atoms with Gasteiger partial charge in [-0.05, 0) is 0 Å². The average Bonchev–Trinajstić information content (AvgIpc) is 3.11. The summed E-state index contributed by atoms with van der Waals surface area (Å²) in [6.07, 6.45) is -24.4. The lowest BCUT2D eigenvalue weighted by Gasteiger charge is -2.45. The van der Waals surface area contributed by atoms with Crippen molar-refractivity contribution in [2.24, 2.45) is 0 Å². The van der Waals surface area contributed by atoms with E-state index in [1.165, 1.54) is 0 Å². The van der Waals surface area contributed by atoms with E-state index in [-0.39, 0.29) is 0 Å². The van der Waals surface area contributed by atoms with Crippen LogP contribution in [0.15, 0.2) is 0 Å². The second kappa shape index (κ2) is 11.6. The van der Waals surface area contributed by atoms with Crippen LogP contribution >= 0.6 is 0 Å². The van der Waals surface area contributed by atoms with E-state index in [1.54, 1.807) is 0 Å². The molecule has 0 aromatic heterocycles. The van der Waals surface area contributed by atoms with E-state index in [1.807, 2.05) is 0 Å². The lowest BCUT2D eigenvalue weighted by molar-refractivity contribution is -0.364. The van der Waals surface area contributed by atoms with E-state index >= 15 is 0 Å². The van der Waals surface area contributed by atoms with Crippen LogP contribution in [0.4, 0.5) is 0 Å². The fourth-order valence-corrected chi connectivity index (χ4v) is 3.96. The molecule has 0 spiro atoms. The van der Waals surface area contributed by atoms with E-state index in [0.717, 1.165) is 0 Å². The second-order valence-corrected chi connectivity index (χ2v) is 8.38. The number of aliphatic hydroxyl groups is 11. The molecule has 200 valence electrons. The molecule has 0 radical (unpaired) electrons. The lowest BCUT2D eigenvalue weighted by Crippen LogP contribution is -2.64. The van der Waals surface area contributed by atoms with Gasteiger partial charge in [0.1, 0.15) is 73.2 Å². The van der Waals surface area contributed by atoms with Gasteiger partial charge in [-0.2, -0.15) is 0 Å². The van der Waals surface area contributed by atoms with Crippen LogP contribution in [0.2, 0.25) is 0 Å². The Balaban J connectivity index is 1.57. The van der Waals surface area contributed by atoms with Crippen molar-refractivity contribution in [1.29, 1.82) is 0 Å². The van der Waals surface area contributed by atoms with Crippen molar-refractivity contribution in [3.63, 3.8) is 0 Å².